The lowest BCUT2D eigenvalue weighted by Gasteiger charge is -2.21. The van der Waals surface area contributed by atoms with E-state index >= 15 is 0 Å². The van der Waals surface area contributed by atoms with Gasteiger partial charge >= 0.3 is 0 Å². The van der Waals surface area contributed by atoms with E-state index in [0.717, 1.165) is 5.56 Å². The van der Waals surface area contributed by atoms with E-state index < -0.39 is 10.0 Å². The van der Waals surface area contributed by atoms with Crippen molar-refractivity contribution in [3.63, 3.8) is 0 Å². The third-order valence-electron chi connectivity index (χ3n) is 3.98. The minimum Gasteiger partial charge on any atom is -0.486 e. The highest BCUT2D eigenvalue weighted by Gasteiger charge is 2.22. The van der Waals surface area contributed by atoms with Crippen molar-refractivity contribution in [1.29, 1.82) is 0 Å². The second-order valence-corrected chi connectivity index (χ2v) is 7.86. The van der Waals surface area contributed by atoms with Crippen LogP contribution < -0.4 is 9.47 Å². The van der Waals surface area contributed by atoms with Crippen molar-refractivity contribution < 1.29 is 22.7 Å². The van der Waals surface area contributed by atoms with Crippen molar-refractivity contribution in [3.05, 3.63) is 53.6 Å². The lowest BCUT2D eigenvalue weighted by Crippen LogP contribution is -2.26. The number of ether oxygens (including phenoxy) is 2. The molecule has 2 aromatic rings. The normalized spacial score (nSPS) is 13.7. The van der Waals surface area contributed by atoms with Crippen LogP contribution >= 0.6 is 0 Å². The van der Waals surface area contributed by atoms with Crippen LogP contribution in [0.2, 0.25) is 0 Å². The van der Waals surface area contributed by atoms with Gasteiger partial charge in [-0.2, -0.15) is 4.31 Å². The summed E-state index contributed by atoms with van der Waals surface area (Å²) in [6.45, 7) is 2.63. The molecule has 1 heterocycles. The Hall–Kier alpha value is -2.38. The molecule has 0 aliphatic carbocycles. The summed E-state index contributed by atoms with van der Waals surface area (Å²) in [4.78, 5) is 11.5. The van der Waals surface area contributed by atoms with Crippen molar-refractivity contribution in [2.24, 2.45) is 0 Å². The fourth-order valence-electron chi connectivity index (χ4n) is 2.57. The van der Waals surface area contributed by atoms with E-state index in [0.29, 0.717) is 30.3 Å². The van der Waals surface area contributed by atoms with Crippen LogP contribution in [0, 0.1) is 0 Å². The summed E-state index contributed by atoms with van der Waals surface area (Å²) in [6.07, 6.45) is 0. The number of carbonyl (C=O) groups excluding carboxylic acids is 1. The number of hydrogen-bond donors (Lipinski definition) is 0. The van der Waals surface area contributed by atoms with Crippen molar-refractivity contribution >= 4 is 15.8 Å². The molecule has 0 unspecified atom stereocenters. The van der Waals surface area contributed by atoms with Crippen LogP contribution in [0.3, 0.4) is 0 Å². The van der Waals surface area contributed by atoms with E-state index in [1.165, 1.54) is 42.5 Å². The molecule has 0 atom stereocenters. The van der Waals surface area contributed by atoms with Crippen molar-refractivity contribution in [1.82, 2.24) is 4.31 Å². The second kappa shape index (κ2) is 6.85. The molecule has 0 radical (unpaired) electrons. The molecule has 0 bridgehead atoms. The van der Waals surface area contributed by atoms with Crippen LogP contribution in [0.4, 0.5) is 0 Å². The van der Waals surface area contributed by atoms with Gasteiger partial charge in [0, 0.05) is 19.2 Å². The van der Waals surface area contributed by atoms with E-state index in [9.17, 15) is 13.2 Å². The highest BCUT2D eigenvalue weighted by molar-refractivity contribution is 7.89. The van der Waals surface area contributed by atoms with Gasteiger partial charge in [0.2, 0.25) is 10.0 Å². The number of hydrogen-bond acceptors (Lipinski definition) is 5. The summed E-state index contributed by atoms with van der Waals surface area (Å²) in [5, 5.41) is 0. The largest absolute Gasteiger partial charge is 0.486 e. The Kier molecular flexibility index (Phi) is 4.78. The maximum absolute atomic E-state index is 12.7. The van der Waals surface area contributed by atoms with E-state index in [1.807, 2.05) is 6.07 Å². The summed E-state index contributed by atoms with van der Waals surface area (Å²) >= 11 is 0. The van der Waals surface area contributed by atoms with Gasteiger partial charge in [-0.25, -0.2) is 8.42 Å². The second-order valence-electron chi connectivity index (χ2n) is 5.82. The summed E-state index contributed by atoms with van der Waals surface area (Å²) in [5.74, 6) is 1.19. The molecule has 2 aromatic carbocycles. The third-order valence-corrected chi connectivity index (χ3v) is 5.80. The Balaban J connectivity index is 1.79. The zero-order valence-corrected chi connectivity index (χ0v) is 14.9. The molecule has 7 heteroatoms. The van der Waals surface area contributed by atoms with Gasteiger partial charge in [0.25, 0.3) is 0 Å². The van der Waals surface area contributed by atoms with Crippen LogP contribution in [0.15, 0.2) is 47.4 Å². The maximum Gasteiger partial charge on any atom is 0.243 e. The predicted molar refractivity (Wildman–Crippen MR) is 92.5 cm³/mol. The number of rotatable bonds is 5. The molecule has 6 nitrogen and oxygen atoms in total. The Morgan fingerprint density at radius 3 is 2.32 bits per heavy atom. The smallest absolute Gasteiger partial charge is 0.243 e. The first-order valence-corrected chi connectivity index (χ1v) is 9.28. The van der Waals surface area contributed by atoms with E-state index in [4.69, 9.17) is 9.47 Å². The first-order chi connectivity index (χ1) is 11.9. The van der Waals surface area contributed by atoms with Gasteiger partial charge in [0.15, 0.2) is 17.3 Å². The van der Waals surface area contributed by atoms with Gasteiger partial charge in [0.1, 0.15) is 13.2 Å². The number of carbonyl (C=O) groups is 1. The molecule has 0 saturated carbocycles. The minimum atomic E-state index is -3.65. The average molecular weight is 361 g/mol. The summed E-state index contributed by atoms with van der Waals surface area (Å²) < 4.78 is 37.6. The number of Topliss-reactive ketones (excluding diaryl/α,β-unsaturated/α-hetero) is 1. The first-order valence-electron chi connectivity index (χ1n) is 7.84. The van der Waals surface area contributed by atoms with Crippen molar-refractivity contribution in [3.8, 4) is 11.5 Å². The van der Waals surface area contributed by atoms with E-state index in [1.54, 1.807) is 12.1 Å². The summed E-state index contributed by atoms with van der Waals surface area (Å²) in [7, 11) is -2.13. The fraction of sp³-hybridized carbons (Fsp3) is 0.278. The van der Waals surface area contributed by atoms with Crippen molar-refractivity contribution in [2.45, 2.75) is 18.4 Å². The number of fused-ring (bicyclic) bond motifs is 1. The SMILES string of the molecule is CC(=O)c1ccc(S(=O)(=O)N(C)Cc2ccc3c(c2)OCCO3)cc1. The Labute approximate surface area is 147 Å². The van der Waals surface area contributed by atoms with E-state index in [-0.39, 0.29) is 17.2 Å². The lowest BCUT2D eigenvalue weighted by atomic mass is 10.2. The predicted octanol–water partition coefficient (Wildman–Crippen LogP) is 2.48. The minimum absolute atomic E-state index is 0.103. The molecule has 0 N–H and O–H groups in total. The van der Waals surface area contributed by atoms with Crippen molar-refractivity contribution in [2.75, 3.05) is 20.3 Å². The zero-order chi connectivity index (χ0) is 18.0. The third kappa shape index (κ3) is 3.67. The van der Waals surface area contributed by atoms with Gasteiger partial charge in [-0.15, -0.1) is 0 Å². The Morgan fingerprint density at radius 1 is 1.04 bits per heavy atom. The van der Waals surface area contributed by atoms with E-state index in [2.05, 4.69) is 0 Å². The monoisotopic (exact) mass is 361 g/mol. The molecular weight excluding hydrogens is 342 g/mol. The molecule has 0 aromatic heterocycles. The molecule has 1 aliphatic heterocycles. The van der Waals surface area contributed by atoms with Gasteiger partial charge in [-0.05, 0) is 36.8 Å². The standard InChI is InChI=1S/C18H19NO5S/c1-13(20)15-4-6-16(7-5-15)25(21,22)19(2)12-14-3-8-17-18(11-14)24-10-9-23-17/h3-8,11H,9-10,12H2,1-2H3. The molecular formula is C18H19NO5S. The molecule has 0 spiro atoms. The summed E-state index contributed by atoms with van der Waals surface area (Å²) in [5.41, 5.74) is 1.28. The molecule has 3 rings (SSSR count). The van der Waals surface area contributed by atoms with Gasteiger partial charge in [-0.1, -0.05) is 18.2 Å². The molecule has 0 amide bonds. The molecule has 25 heavy (non-hydrogen) atoms. The maximum atomic E-state index is 12.7. The number of ketones is 1. The first kappa shape index (κ1) is 17.4. The number of benzene rings is 2. The van der Waals surface area contributed by atoms with Gasteiger partial charge in [-0.3, -0.25) is 4.79 Å². The quantitative estimate of drug-likeness (QED) is 0.765. The Morgan fingerprint density at radius 2 is 1.68 bits per heavy atom. The molecule has 0 fully saturated rings. The highest BCUT2D eigenvalue weighted by atomic mass is 32.2. The molecule has 132 valence electrons. The van der Waals surface area contributed by atoms with Crippen LogP contribution in [0.25, 0.3) is 0 Å². The lowest BCUT2D eigenvalue weighted by molar-refractivity contribution is 0.101. The zero-order valence-electron chi connectivity index (χ0n) is 14.1. The molecule has 1 aliphatic rings. The van der Waals surface area contributed by atoms with Crippen LogP contribution in [0.5, 0.6) is 11.5 Å². The Bertz CT molecular complexity index is 890. The summed E-state index contributed by atoms with van der Waals surface area (Å²) in [6, 6.07) is 11.3. The van der Waals surface area contributed by atoms with Gasteiger partial charge < -0.3 is 9.47 Å². The van der Waals surface area contributed by atoms with Crippen LogP contribution in [0.1, 0.15) is 22.8 Å². The number of nitrogens with zero attached hydrogens (tertiary/aromatic N) is 1. The topological polar surface area (TPSA) is 72.9 Å². The van der Waals surface area contributed by atoms with Crippen LogP contribution in [-0.4, -0.2) is 38.8 Å². The van der Waals surface area contributed by atoms with Gasteiger partial charge in [0.05, 0.1) is 4.90 Å². The molecule has 0 saturated heterocycles. The highest BCUT2D eigenvalue weighted by Crippen LogP contribution is 2.31. The number of sulfonamides is 1. The fourth-order valence-corrected chi connectivity index (χ4v) is 3.73. The van der Waals surface area contributed by atoms with Crippen LogP contribution in [-0.2, 0) is 16.6 Å². The average Bonchev–Trinajstić information content (AvgIpc) is 2.61.